The summed E-state index contributed by atoms with van der Waals surface area (Å²) in [4.78, 5) is 11.6. The van der Waals surface area contributed by atoms with E-state index in [9.17, 15) is 18.0 Å². The maximum atomic E-state index is 12.6. The Morgan fingerprint density at radius 1 is 1.16 bits per heavy atom. The van der Waals surface area contributed by atoms with E-state index in [0.717, 1.165) is 0 Å². The molecule has 134 valence electrons. The number of nitrogens with two attached hydrogens (primary N) is 1. The van der Waals surface area contributed by atoms with Gasteiger partial charge in [-0.25, -0.2) is 0 Å². The lowest BCUT2D eigenvalue weighted by molar-refractivity contribution is -0.274. The Balaban J connectivity index is 2.26. The predicted octanol–water partition coefficient (Wildman–Crippen LogP) is 3.69. The molecule has 2 N–H and O–H groups in total. The molecule has 0 spiro atoms. The van der Waals surface area contributed by atoms with Crippen LogP contribution in [0.1, 0.15) is 12.5 Å². The SMILES string of the molecule is CCOC(=O)C(N)Cc1cccc(-c2ccccc2OC(F)(F)F)c1. The Morgan fingerprint density at radius 3 is 2.56 bits per heavy atom. The normalized spacial score (nSPS) is 12.5. The molecule has 7 heteroatoms. The molecule has 2 aromatic rings. The Bertz CT molecular complexity index is 732. The highest BCUT2D eigenvalue weighted by Gasteiger charge is 2.32. The molecule has 1 unspecified atom stereocenters. The summed E-state index contributed by atoms with van der Waals surface area (Å²) < 4.78 is 46.6. The fourth-order valence-electron chi connectivity index (χ4n) is 2.37. The van der Waals surface area contributed by atoms with Gasteiger partial charge in [-0.15, -0.1) is 13.2 Å². The number of carbonyl (C=O) groups excluding carboxylic acids is 1. The Labute approximate surface area is 143 Å². The number of hydrogen-bond donors (Lipinski definition) is 1. The number of ether oxygens (including phenoxy) is 2. The number of rotatable bonds is 6. The summed E-state index contributed by atoms with van der Waals surface area (Å²) in [5.41, 5.74) is 7.33. The molecule has 0 radical (unpaired) electrons. The summed E-state index contributed by atoms with van der Waals surface area (Å²) in [7, 11) is 0. The zero-order chi connectivity index (χ0) is 18.4. The summed E-state index contributed by atoms with van der Waals surface area (Å²) in [6, 6.07) is 11.8. The first-order valence-corrected chi connectivity index (χ1v) is 7.66. The van der Waals surface area contributed by atoms with Gasteiger partial charge in [0, 0.05) is 5.56 Å². The average Bonchev–Trinajstić information content (AvgIpc) is 2.54. The molecular weight excluding hydrogens is 335 g/mol. The summed E-state index contributed by atoms with van der Waals surface area (Å²) in [5.74, 6) is -0.810. The maximum absolute atomic E-state index is 12.6. The molecule has 0 amide bonds. The molecule has 0 aliphatic carbocycles. The van der Waals surface area contributed by atoms with Gasteiger partial charge in [-0.2, -0.15) is 0 Å². The number of esters is 1. The van der Waals surface area contributed by atoms with Gasteiger partial charge >= 0.3 is 12.3 Å². The molecular formula is C18H18F3NO3. The van der Waals surface area contributed by atoms with Crippen molar-refractivity contribution in [1.29, 1.82) is 0 Å². The van der Waals surface area contributed by atoms with E-state index in [0.29, 0.717) is 16.7 Å². The molecule has 4 nitrogen and oxygen atoms in total. The molecule has 0 heterocycles. The molecule has 0 aliphatic rings. The minimum absolute atomic E-state index is 0.217. The van der Waals surface area contributed by atoms with Crippen molar-refractivity contribution in [1.82, 2.24) is 0 Å². The molecule has 0 bridgehead atoms. The van der Waals surface area contributed by atoms with E-state index < -0.39 is 18.4 Å². The smallest absolute Gasteiger partial charge is 0.465 e. The van der Waals surface area contributed by atoms with Crippen LogP contribution in [0.25, 0.3) is 11.1 Å². The van der Waals surface area contributed by atoms with E-state index in [-0.39, 0.29) is 18.8 Å². The molecule has 0 saturated carbocycles. The van der Waals surface area contributed by atoms with E-state index in [1.54, 1.807) is 37.3 Å². The summed E-state index contributed by atoms with van der Waals surface area (Å²) >= 11 is 0. The number of benzene rings is 2. The molecule has 0 fully saturated rings. The third-order valence-electron chi connectivity index (χ3n) is 3.40. The van der Waals surface area contributed by atoms with Crippen LogP contribution in [0.5, 0.6) is 5.75 Å². The third-order valence-corrected chi connectivity index (χ3v) is 3.40. The molecule has 2 aromatic carbocycles. The molecule has 0 saturated heterocycles. The quantitative estimate of drug-likeness (QED) is 0.805. The highest BCUT2D eigenvalue weighted by atomic mass is 19.4. The van der Waals surface area contributed by atoms with Gasteiger partial charge < -0.3 is 15.2 Å². The van der Waals surface area contributed by atoms with Crippen LogP contribution in [-0.2, 0) is 16.0 Å². The zero-order valence-corrected chi connectivity index (χ0v) is 13.5. The minimum atomic E-state index is -4.78. The van der Waals surface area contributed by atoms with E-state index in [1.165, 1.54) is 18.2 Å². The van der Waals surface area contributed by atoms with Crippen LogP contribution >= 0.6 is 0 Å². The van der Waals surface area contributed by atoms with E-state index >= 15 is 0 Å². The molecule has 1 atom stereocenters. The van der Waals surface area contributed by atoms with Gasteiger partial charge in [0.25, 0.3) is 0 Å². The Morgan fingerprint density at radius 2 is 1.88 bits per heavy atom. The molecule has 0 aliphatic heterocycles. The van der Waals surface area contributed by atoms with E-state index in [2.05, 4.69) is 4.74 Å². The van der Waals surface area contributed by atoms with Gasteiger partial charge in [-0.1, -0.05) is 42.5 Å². The first-order valence-electron chi connectivity index (χ1n) is 7.66. The Hall–Kier alpha value is -2.54. The van der Waals surface area contributed by atoms with Crippen molar-refractivity contribution < 1.29 is 27.4 Å². The maximum Gasteiger partial charge on any atom is 0.573 e. The van der Waals surface area contributed by atoms with Crippen LogP contribution in [-0.4, -0.2) is 25.0 Å². The van der Waals surface area contributed by atoms with Crippen molar-refractivity contribution >= 4 is 5.97 Å². The third kappa shape index (κ3) is 5.49. The van der Waals surface area contributed by atoms with Crippen LogP contribution in [0.15, 0.2) is 48.5 Å². The van der Waals surface area contributed by atoms with Crippen LogP contribution in [0.4, 0.5) is 13.2 Å². The lowest BCUT2D eigenvalue weighted by atomic mass is 9.99. The lowest BCUT2D eigenvalue weighted by Crippen LogP contribution is -2.34. The van der Waals surface area contributed by atoms with Gasteiger partial charge in [0.05, 0.1) is 6.61 Å². The summed E-state index contributed by atoms with van der Waals surface area (Å²) in [6.07, 6.45) is -4.56. The minimum Gasteiger partial charge on any atom is -0.465 e. The van der Waals surface area contributed by atoms with Crippen LogP contribution in [0, 0.1) is 0 Å². The van der Waals surface area contributed by atoms with Crippen LogP contribution in [0.2, 0.25) is 0 Å². The standard InChI is InChI=1S/C18H18F3NO3/c1-2-24-17(23)15(22)11-12-6-5-7-13(10-12)14-8-3-4-9-16(14)25-18(19,20)21/h3-10,15H,2,11,22H2,1H3. The summed E-state index contributed by atoms with van der Waals surface area (Å²) in [5, 5.41) is 0. The van der Waals surface area contributed by atoms with Crippen molar-refractivity contribution in [3.63, 3.8) is 0 Å². The van der Waals surface area contributed by atoms with Gasteiger partial charge in [0.2, 0.25) is 0 Å². The summed E-state index contributed by atoms with van der Waals surface area (Å²) in [6.45, 7) is 1.91. The second-order valence-corrected chi connectivity index (χ2v) is 5.31. The van der Waals surface area contributed by atoms with Gasteiger partial charge in [-0.05, 0) is 30.5 Å². The largest absolute Gasteiger partial charge is 0.573 e. The van der Waals surface area contributed by atoms with E-state index in [1.807, 2.05) is 0 Å². The fraction of sp³-hybridized carbons (Fsp3) is 0.278. The average molecular weight is 353 g/mol. The highest BCUT2D eigenvalue weighted by Crippen LogP contribution is 2.34. The van der Waals surface area contributed by atoms with Crippen molar-refractivity contribution in [2.45, 2.75) is 25.7 Å². The van der Waals surface area contributed by atoms with Crippen molar-refractivity contribution in [2.75, 3.05) is 6.61 Å². The van der Waals surface area contributed by atoms with Crippen LogP contribution < -0.4 is 10.5 Å². The molecule has 25 heavy (non-hydrogen) atoms. The number of para-hydroxylation sites is 1. The predicted molar refractivity (Wildman–Crippen MR) is 86.9 cm³/mol. The first-order chi connectivity index (χ1) is 11.8. The fourth-order valence-corrected chi connectivity index (χ4v) is 2.37. The van der Waals surface area contributed by atoms with Crippen molar-refractivity contribution in [3.05, 3.63) is 54.1 Å². The zero-order valence-electron chi connectivity index (χ0n) is 13.5. The Kier molecular flexibility index (Phi) is 6.03. The second-order valence-electron chi connectivity index (χ2n) is 5.31. The number of hydrogen-bond acceptors (Lipinski definition) is 4. The van der Waals surface area contributed by atoms with Crippen molar-refractivity contribution in [3.8, 4) is 16.9 Å². The first kappa shape index (κ1) is 18.8. The number of carbonyl (C=O) groups is 1. The van der Waals surface area contributed by atoms with Gasteiger partial charge in [0.1, 0.15) is 11.8 Å². The lowest BCUT2D eigenvalue weighted by Gasteiger charge is -2.15. The number of alkyl halides is 3. The highest BCUT2D eigenvalue weighted by molar-refractivity contribution is 5.76. The van der Waals surface area contributed by atoms with Gasteiger partial charge in [0.15, 0.2) is 0 Å². The van der Waals surface area contributed by atoms with Gasteiger partial charge in [-0.3, -0.25) is 4.79 Å². The van der Waals surface area contributed by atoms with Crippen LogP contribution in [0.3, 0.4) is 0 Å². The molecule has 2 rings (SSSR count). The van der Waals surface area contributed by atoms with E-state index in [4.69, 9.17) is 10.5 Å². The molecule has 0 aromatic heterocycles. The van der Waals surface area contributed by atoms with Crippen molar-refractivity contribution in [2.24, 2.45) is 5.73 Å². The topological polar surface area (TPSA) is 61.5 Å². The monoisotopic (exact) mass is 353 g/mol. The number of halogens is 3. The second kappa shape index (κ2) is 8.02.